The number of fused-ring (bicyclic) bond motifs is 1. The predicted molar refractivity (Wildman–Crippen MR) is 141 cm³/mol. The monoisotopic (exact) mass is 505 g/mol. The van der Waals surface area contributed by atoms with Crippen LogP contribution in [0.3, 0.4) is 0 Å². The van der Waals surface area contributed by atoms with Crippen LogP contribution < -0.4 is 0 Å². The molecule has 3 unspecified atom stereocenters. The second kappa shape index (κ2) is 12.0. The van der Waals surface area contributed by atoms with Crippen molar-refractivity contribution in [2.75, 3.05) is 32.8 Å². The molecule has 0 saturated carbocycles. The summed E-state index contributed by atoms with van der Waals surface area (Å²) >= 11 is 1.71. The molecule has 35 heavy (non-hydrogen) atoms. The van der Waals surface area contributed by atoms with Gasteiger partial charge in [0.15, 0.2) is 0 Å². The average Bonchev–Trinajstić information content (AvgIpc) is 3.47. The Labute approximate surface area is 215 Å². The molecular formula is C27H43N3O4S. The van der Waals surface area contributed by atoms with Crippen molar-refractivity contribution in [3.63, 3.8) is 0 Å². The quantitative estimate of drug-likeness (QED) is 0.367. The van der Waals surface area contributed by atoms with Crippen LogP contribution in [0, 0.1) is 11.8 Å². The number of nitrogens with zero attached hydrogens (tertiary/aromatic N) is 3. The van der Waals surface area contributed by atoms with Gasteiger partial charge >= 0.3 is 0 Å². The maximum Gasteiger partial charge on any atom is 0.247 e. The van der Waals surface area contributed by atoms with E-state index in [1.807, 2.05) is 16.7 Å². The normalized spacial score (nSPS) is 29.7. The van der Waals surface area contributed by atoms with E-state index in [1.54, 1.807) is 28.8 Å². The van der Waals surface area contributed by atoms with E-state index < -0.39 is 22.6 Å². The summed E-state index contributed by atoms with van der Waals surface area (Å²) in [6.45, 7) is 15.7. The zero-order chi connectivity index (χ0) is 25.8. The molecule has 7 nitrogen and oxygen atoms in total. The van der Waals surface area contributed by atoms with Gasteiger partial charge in [-0.1, -0.05) is 32.4 Å². The number of aliphatic hydroxyl groups excluding tert-OH is 1. The van der Waals surface area contributed by atoms with Crippen LogP contribution >= 0.6 is 11.8 Å². The highest BCUT2D eigenvalue weighted by atomic mass is 32.2. The van der Waals surface area contributed by atoms with Crippen LogP contribution in [0.5, 0.6) is 0 Å². The summed E-state index contributed by atoms with van der Waals surface area (Å²) in [5.41, 5.74) is 0. The summed E-state index contributed by atoms with van der Waals surface area (Å²) in [7, 11) is 0. The third-order valence-corrected chi connectivity index (χ3v) is 9.83. The van der Waals surface area contributed by atoms with Gasteiger partial charge in [0.05, 0.1) is 16.6 Å². The van der Waals surface area contributed by atoms with Crippen LogP contribution in [0.4, 0.5) is 0 Å². The van der Waals surface area contributed by atoms with Gasteiger partial charge in [-0.25, -0.2) is 0 Å². The number of carbonyl (C=O) groups is 3. The largest absolute Gasteiger partial charge is 0.396 e. The van der Waals surface area contributed by atoms with E-state index in [4.69, 9.17) is 0 Å². The smallest absolute Gasteiger partial charge is 0.247 e. The van der Waals surface area contributed by atoms with Crippen molar-refractivity contribution in [2.45, 2.75) is 81.4 Å². The van der Waals surface area contributed by atoms with Gasteiger partial charge in [0, 0.05) is 44.1 Å². The molecule has 0 aromatic carbocycles. The first kappa shape index (κ1) is 27.8. The number of aliphatic hydroxyl groups is 1. The van der Waals surface area contributed by atoms with Gasteiger partial charge in [0.2, 0.25) is 17.7 Å². The second-order valence-corrected chi connectivity index (χ2v) is 11.8. The number of hydrogen-bond acceptors (Lipinski definition) is 5. The molecule has 3 amide bonds. The Bertz CT molecular complexity index is 820. The fourth-order valence-corrected chi connectivity index (χ4v) is 8.69. The van der Waals surface area contributed by atoms with E-state index in [2.05, 4.69) is 27.0 Å². The van der Waals surface area contributed by atoms with Crippen molar-refractivity contribution in [3.8, 4) is 0 Å². The van der Waals surface area contributed by atoms with E-state index in [-0.39, 0.29) is 35.6 Å². The van der Waals surface area contributed by atoms with Crippen LogP contribution in [0.25, 0.3) is 0 Å². The zero-order valence-corrected chi connectivity index (χ0v) is 22.5. The van der Waals surface area contributed by atoms with Gasteiger partial charge in [-0.2, -0.15) is 0 Å². The number of thioether (sulfide) groups is 1. The summed E-state index contributed by atoms with van der Waals surface area (Å²) in [5.74, 6) is -1.04. The van der Waals surface area contributed by atoms with E-state index >= 15 is 0 Å². The van der Waals surface area contributed by atoms with Gasteiger partial charge < -0.3 is 19.8 Å². The van der Waals surface area contributed by atoms with Gasteiger partial charge in [-0.05, 0) is 39.0 Å². The Hall–Kier alpha value is -1.80. The lowest BCUT2D eigenvalue weighted by Gasteiger charge is -2.39. The lowest BCUT2D eigenvalue weighted by atomic mass is 9.70. The fraction of sp³-hybridized carbons (Fsp3) is 0.741. The Morgan fingerprint density at radius 1 is 1.23 bits per heavy atom. The molecule has 8 heteroatoms. The zero-order valence-electron chi connectivity index (χ0n) is 21.7. The molecule has 3 aliphatic rings. The van der Waals surface area contributed by atoms with Crippen molar-refractivity contribution >= 4 is 29.5 Å². The summed E-state index contributed by atoms with van der Waals surface area (Å²) < 4.78 is -0.591. The molecule has 0 aromatic heterocycles. The molecule has 1 spiro atoms. The lowest BCUT2D eigenvalue weighted by Crippen LogP contribution is -2.56. The highest BCUT2D eigenvalue weighted by Gasteiger charge is 2.74. The Morgan fingerprint density at radius 2 is 1.94 bits per heavy atom. The maximum absolute atomic E-state index is 14.2. The van der Waals surface area contributed by atoms with E-state index in [9.17, 15) is 19.5 Å². The molecule has 0 aliphatic carbocycles. The van der Waals surface area contributed by atoms with Crippen molar-refractivity contribution in [3.05, 3.63) is 25.3 Å². The van der Waals surface area contributed by atoms with Crippen LogP contribution in [0.2, 0.25) is 0 Å². The Kier molecular flexibility index (Phi) is 9.49. The van der Waals surface area contributed by atoms with Crippen molar-refractivity contribution < 1.29 is 19.5 Å². The van der Waals surface area contributed by atoms with Crippen molar-refractivity contribution in [2.24, 2.45) is 11.8 Å². The number of amides is 3. The minimum Gasteiger partial charge on any atom is -0.396 e. The third kappa shape index (κ3) is 4.93. The highest BCUT2D eigenvalue weighted by Crippen LogP contribution is 2.66. The molecule has 3 fully saturated rings. The number of likely N-dealkylation sites (tertiary alicyclic amines) is 1. The molecule has 3 aliphatic heterocycles. The van der Waals surface area contributed by atoms with E-state index in [0.29, 0.717) is 32.6 Å². The van der Waals surface area contributed by atoms with Crippen LogP contribution in [0.1, 0.15) is 59.3 Å². The first-order chi connectivity index (χ1) is 16.8. The first-order valence-corrected chi connectivity index (χ1v) is 14.1. The fourth-order valence-electron chi connectivity index (χ4n) is 6.48. The molecule has 3 rings (SSSR count). The van der Waals surface area contributed by atoms with Crippen LogP contribution in [-0.4, -0.2) is 92.4 Å². The lowest BCUT2D eigenvalue weighted by molar-refractivity contribution is -0.145. The Balaban J connectivity index is 2.01. The second-order valence-electron chi connectivity index (χ2n) is 10.2. The SMILES string of the molecule is C=CCN(CCC)C(=O)[C@@H]1[C@@H]2CCC3(S2)C(C(=O)N(CC=C)C(C)CCC)N(CCCO)C(=O)[C@H]13. The molecular weight excluding hydrogens is 462 g/mol. The molecule has 3 saturated heterocycles. The van der Waals surface area contributed by atoms with Crippen LogP contribution in [-0.2, 0) is 14.4 Å². The van der Waals surface area contributed by atoms with Gasteiger partial charge in [-0.3, -0.25) is 14.4 Å². The van der Waals surface area contributed by atoms with E-state index in [0.717, 1.165) is 32.1 Å². The number of hydrogen-bond donors (Lipinski definition) is 1. The average molecular weight is 506 g/mol. The van der Waals surface area contributed by atoms with Gasteiger partial charge in [0.1, 0.15) is 6.04 Å². The standard InChI is InChI=1S/C27H43N3O4S/c1-6-11-19(5)29(16-9-4)26(34)23-27-13-12-20(35-27)21(24(32)28(14-7-2)15-8-3)22(27)25(33)30(23)17-10-18-31/h7,9,19-23,31H,2,4,6,8,10-18H2,1,3,5H3/t19?,20-,21+,22-,23?,27?/m0/s1. The molecule has 2 bridgehead atoms. The molecule has 6 atom stereocenters. The summed E-state index contributed by atoms with van der Waals surface area (Å²) in [5, 5.41) is 9.58. The van der Waals surface area contributed by atoms with Gasteiger partial charge in [-0.15, -0.1) is 24.9 Å². The van der Waals surface area contributed by atoms with E-state index in [1.165, 1.54) is 0 Å². The maximum atomic E-state index is 14.2. The minimum atomic E-state index is -0.613. The first-order valence-electron chi connectivity index (χ1n) is 13.2. The molecule has 0 aromatic rings. The minimum absolute atomic E-state index is 0.0154. The third-order valence-electron chi connectivity index (χ3n) is 7.88. The summed E-state index contributed by atoms with van der Waals surface area (Å²) in [6.07, 6.45) is 8.16. The summed E-state index contributed by atoms with van der Waals surface area (Å²) in [4.78, 5) is 47.3. The predicted octanol–water partition coefficient (Wildman–Crippen LogP) is 3.09. The van der Waals surface area contributed by atoms with Gasteiger partial charge in [0.25, 0.3) is 0 Å². The molecule has 1 N–H and O–H groups in total. The van der Waals surface area contributed by atoms with Crippen molar-refractivity contribution in [1.29, 1.82) is 0 Å². The number of rotatable bonds is 14. The molecule has 0 radical (unpaired) electrons. The topological polar surface area (TPSA) is 81.2 Å². The van der Waals surface area contributed by atoms with Crippen LogP contribution in [0.15, 0.2) is 25.3 Å². The molecule has 196 valence electrons. The Morgan fingerprint density at radius 3 is 2.54 bits per heavy atom. The van der Waals surface area contributed by atoms with Crippen molar-refractivity contribution in [1.82, 2.24) is 14.7 Å². The highest BCUT2D eigenvalue weighted by molar-refractivity contribution is 8.02. The summed E-state index contributed by atoms with van der Waals surface area (Å²) in [6, 6.07) is -0.581. The number of carbonyl (C=O) groups excluding carboxylic acids is 3. The molecule has 3 heterocycles.